The third kappa shape index (κ3) is 3.42. The number of nitrogens with one attached hydrogen (secondary N) is 1. The second-order valence-corrected chi connectivity index (χ2v) is 3.83. The molecule has 86 valence electrons. The van der Waals surface area contributed by atoms with E-state index in [4.69, 9.17) is 5.11 Å². The number of hydrogen-bond donors (Lipinski definition) is 2. The molecule has 1 saturated carbocycles. The number of ether oxygens (including phenoxy) is 1. The highest BCUT2D eigenvalue weighted by molar-refractivity contribution is 5.73. The highest BCUT2D eigenvalue weighted by atomic mass is 16.5. The molecule has 1 aliphatic rings. The smallest absolute Gasteiger partial charge is 0.407 e. The first-order chi connectivity index (χ1) is 7.15. The molecule has 0 aliphatic heterocycles. The molecule has 15 heavy (non-hydrogen) atoms. The number of methoxy groups -OCH3 is 1. The van der Waals surface area contributed by atoms with E-state index in [1.807, 2.05) is 0 Å². The van der Waals surface area contributed by atoms with Gasteiger partial charge in [0, 0.05) is 6.04 Å². The summed E-state index contributed by atoms with van der Waals surface area (Å²) >= 11 is 0. The van der Waals surface area contributed by atoms with E-state index >= 15 is 0 Å². The lowest BCUT2D eigenvalue weighted by molar-refractivity contribution is -0.142. The van der Waals surface area contributed by atoms with Crippen LogP contribution in [0.1, 0.15) is 32.1 Å². The third-order valence-corrected chi connectivity index (χ3v) is 2.82. The molecule has 2 N–H and O–H groups in total. The number of carboxylic acid groups (broad SMARTS) is 1. The minimum atomic E-state index is -0.835. The van der Waals surface area contributed by atoms with E-state index in [2.05, 4.69) is 10.1 Å². The first-order valence-corrected chi connectivity index (χ1v) is 5.22. The standard InChI is InChI=1S/C10H17NO4/c1-15-10(14)11-8-6-4-2-3-5-7(8)9(12)13/h7-8H,2-6H2,1H3,(H,11,14)(H,12,13)/t7-,8+/m0/s1. The number of amides is 1. The molecular formula is C10H17NO4. The topological polar surface area (TPSA) is 75.6 Å². The molecule has 1 aliphatic carbocycles. The molecule has 0 radical (unpaired) electrons. The van der Waals surface area contributed by atoms with E-state index in [0.717, 1.165) is 19.3 Å². The van der Waals surface area contributed by atoms with Crippen LogP contribution >= 0.6 is 0 Å². The van der Waals surface area contributed by atoms with Gasteiger partial charge < -0.3 is 15.2 Å². The molecule has 1 rings (SSSR count). The SMILES string of the molecule is COC(=O)N[C@@H]1CCCCC[C@@H]1C(=O)O. The summed E-state index contributed by atoms with van der Waals surface area (Å²) in [6, 6.07) is -0.294. The molecule has 0 spiro atoms. The van der Waals surface area contributed by atoms with Gasteiger partial charge in [-0.1, -0.05) is 19.3 Å². The van der Waals surface area contributed by atoms with Crippen LogP contribution in [0.2, 0.25) is 0 Å². The van der Waals surface area contributed by atoms with Crippen LogP contribution in [0.4, 0.5) is 4.79 Å². The van der Waals surface area contributed by atoms with E-state index in [9.17, 15) is 9.59 Å². The zero-order chi connectivity index (χ0) is 11.3. The maximum Gasteiger partial charge on any atom is 0.407 e. The fraction of sp³-hybridized carbons (Fsp3) is 0.800. The molecule has 0 aromatic heterocycles. The Morgan fingerprint density at radius 3 is 2.53 bits per heavy atom. The minimum absolute atomic E-state index is 0.294. The Morgan fingerprint density at radius 1 is 1.27 bits per heavy atom. The van der Waals surface area contributed by atoms with Gasteiger partial charge in [0.25, 0.3) is 0 Å². The Balaban J connectivity index is 2.61. The van der Waals surface area contributed by atoms with Crippen molar-refractivity contribution in [1.29, 1.82) is 0 Å². The van der Waals surface area contributed by atoms with Gasteiger partial charge in [0.2, 0.25) is 0 Å². The fourth-order valence-corrected chi connectivity index (χ4v) is 1.99. The molecule has 0 heterocycles. The Bertz CT molecular complexity index is 242. The Labute approximate surface area is 88.8 Å². The predicted molar refractivity (Wildman–Crippen MR) is 53.5 cm³/mol. The third-order valence-electron chi connectivity index (χ3n) is 2.82. The van der Waals surface area contributed by atoms with Gasteiger partial charge in [0.05, 0.1) is 13.0 Å². The highest BCUT2D eigenvalue weighted by Gasteiger charge is 2.30. The molecule has 0 bridgehead atoms. The van der Waals surface area contributed by atoms with Crippen molar-refractivity contribution in [2.24, 2.45) is 5.92 Å². The predicted octanol–water partition coefficient (Wildman–Crippen LogP) is 1.38. The van der Waals surface area contributed by atoms with E-state index in [1.54, 1.807) is 0 Å². The van der Waals surface area contributed by atoms with Crippen molar-refractivity contribution in [2.75, 3.05) is 7.11 Å². The molecule has 0 aromatic rings. The van der Waals surface area contributed by atoms with Crippen molar-refractivity contribution in [1.82, 2.24) is 5.32 Å². The van der Waals surface area contributed by atoms with Crippen LogP contribution in [0.15, 0.2) is 0 Å². The highest BCUT2D eigenvalue weighted by Crippen LogP contribution is 2.23. The van der Waals surface area contributed by atoms with Crippen LogP contribution in [-0.4, -0.2) is 30.3 Å². The second kappa shape index (κ2) is 5.58. The zero-order valence-corrected chi connectivity index (χ0v) is 8.86. The second-order valence-electron chi connectivity index (χ2n) is 3.83. The Morgan fingerprint density at radius 2 is 1.93 bits per heavy atom. The van der Waals surface area contributed by atoms with E-state index in [0.29, 0.717) is 12.8 Å². The van der Waals surface area contributed by atoms with Crippen molar-refractivity contribution in [3.8, 4) is 0 Å². The summed E-state index contributed by atoms with van der Waals surface area (Å²) in [5.41, 5.74) is 0. The molecule has 1 amide bonds. The number of carbonyl (C=O) groups is 2. The monoisotopic (exact) mass is 215 g/mol. The van der Waals surface area contributed by atoms with Crippen molar-refractivity contribution in [2.45, 2.75) is 38.1 Å². The Hall–Kier alpha value is -1.26. The molecule has 5 nitrogen and oxygen atoms in total. The summed E-state index contributed by atoms with van der Waals surface area (Å²) in [4.78, 5) is 22.0. The average molecular weight is 215 g/mol. The Kier molecular flexibility index (Phi) is 4.39. The van der Waals surface area contributed by atoms with E-state index in [1.165, 1.54) is 7.11 Å². The number of carbonyl (C=O) groups excluding carboxylic acids is 1. The van der Waals surface area contributed by atoms with Gasteiger partial charge in [-0.2, -0.15) is 0 Å². The lowest BCUT2D eigenvalue weighted by Gasteiger charge is -2.21. The molecule has 5 heteroatoms. The largest absolute Gasteiger partial charge is 0.481 e. The molecule has 0 aromatic carbocycles. The van der Waals surface area contributed by atoms with Gasteiger partial charge in [0.1, 0.15) is 0 Å². The average Bonchev–Trinajstić information content (AvgIpc) is 2.43. The summed E-state index contributed by atoms with van der Waals surface area (Å²) in [6.07, 6.45) is 3.70. The summed E-state index contributed by atoms with van der Waals surface area (Å²) in [5, 5.41) is 11.6. The number of carboxylic acids is 1. The number of hydrogen-bond acceptors (Lipinski definition) is 3. The van der Waals surface area contributed by atoms with Crippen LogP contribution in [0.3, 0.4) is 0 Å². The molecule has 0 saturated heterocycles. The normalized spacial score (nSPS) is 26.5. The van der Waals surface area contributed by atoms with E-state index < -0.39 is 18.0 Å². The zero-order valence-electron chi connectivity index (χ0n) is 8.86. The molecular weight excluding hydrogens is 198 g/mol. The van der Waals surface area contributed by atoms with Crippen molar-refractivity contribution >= 4 is 12.1 Å². The van der Waals surface area contributed by atoms with Gasteiger partial charge in [0.15, 0.2) is 0 Å². The number of rotatable bonds is 2. The lowest BCUT2D eigenvalue weighted by atomic mass is 9.95. The van der Waals surface area contributed by atoms with Crippen LogP contribution < -0.4 is 5.32 Å². The lowest BCUT2D eigenvalue weighted by Crippen LogP contribution is -2.42. The van der Waals surface area contributed by atoms with Crippen molar-refractivity contribution in [3.05, 3.63) is 0 Å². The van der Waals surface area contributed by atoms with Crippen LogP contribution in [0.25, 0.3) is 0 Å². The first-order valence-electron chi connectivity index (χ1n) is 5.22. The van der Waals surface area contributed by atoms with Gasteiger partial charge in [-0.25, -0.2) is 4.79 Å². The molecule has 1 fully saturated rings. The van der Waals surface area contributed by atoms with Gasteiger partial charge in [-0.05, 0) is 12.8 Å². The maximum atomic E-state index is 11.0. The first kappa shape index (κ1) is 11.8. The maximum absolute atomic E-state index is 11.0. The van der Waals surface area contributed by atoms with Gasteiger partial charge >= 0.3 is 12.1 Å². The quantitative estimate of drug-likeness (QED) is 0.682. The molecule has 2 atom stereocenters. The minimum Gasteiger partial charge on any atom is -0.481 e. The summed E-state index contributed by atoms with van der Waals surface area (Å²) in [6.45, 7) is 0. The van der Waals surface area contributed by atoms with E-state index in [-0.39, 0.29) is 6.04 Å². The van der Waals surface area contributed by atoms with Gasteiger partial charge in [-0.3, -0.25) is 4.79 Å². The summed E-state index contributed by atoms with van der Waals surface area (Å²) in [5.74, 6) is -1.31. The van der Waals surface area contributed by atoms with Crippen molar-refractivity contribution < 1.29 is 19.4 Å². The van der Waals surface area contributed by atoms with Crippen LogP contribution in [0, 0.1) is 5.92 Å². The summed E-state index contributed by atoms with van der Waals surface area (Å²) in [7, 11) is 1.28. The van der Waals surface area contributed by atoms with Crippen LogP contribution in [-0.2, 0) is 9.53 Å². The molecule has 0 unspecified atom stereocenters. The van der Waals surface area contributed by atoms with Crippen LogP contribution in [0.5, 0.6) is 0 Å². The fourth-order valence-electron chi connectivity index (χ4n) is 1.99. The summed E-state index contributed by atoms with van der Waals surface area (Å²) < 4.78 is 4.48. The number of alkyl carbamates (subject to hydrolysis) is 1. The van der Waals surface area contributed by atoms with Crippen molar-refractivity contribution in [3.63, 3.8) is 0 Å². The van der Waals surface area contributed by atoms with Gasteiger partial charge in [-0.15, -0.1) is 0 Å². The number of aliphatic carboxylic acids is 1.